The van der Waals surface area contributed by atoms with Crippen LogP contribution in [0.5, 0.6) is 0 Å². The van der Waals surface area contributed by atoms with Crippen molar-refractivity contribution in [1.82, 2.24) is 0 Å². The molecule has 0 fully saturated rings. The van der Waals surface area contributed by atoms with E-state index in [0.29, 0.717) is 10.6 Å². The minimum Gasteiger partial charge on any atom is -0.373 e. The van der Waals surface area contributed by atoms with Crippen molar-refractivity contribution in [1.29, 1.82) is 0 Å². The van der Waals surface area contributed by atoms with Crippen LogP contribution in [0.15, 0.2) is 24.3 Å². The Labute approximate surface area is 101 Å². The zero-order valence-corrected chi connectivity index (χ0v) is 9.52. The standard InChI is InChI=1S/C11H10ClF3O2/c12-9-3-1-8(2-4-9)10(16)7-17-6-5-11(13,14)15/h1-4H,5-7H2. The van der Waals surface area contributed by atoms with Gasteiger partial charge in [0.05, 0.1) is 13.0 Å². The van der Waals surface area contributed by atoms with Gasteiger partial charge in [0.2, 0.25) is 0 Å². The van der Waals surface area contributed by atoms with E-state index in [4.69, 9.17) is 11.6 Å². The van der Waals surface area contributed by atoms with Crippen LogP contribution in [0, 0.1) is 0 Å². The van der Waals surface area contributed by atoms with Crippen molar-refractivity contribution in [3.8, 4) is 0 Å². The Morgan fingerprint density at radius 2 is 1.82 bits per heavy atom. The maximum absolute atomic E-state index is 11.8. The molecular formula is C11H10ClF3O2. The van der Waals surface area contributed by atoms with Crippen LogP contribution < -0.4 is 0 Å². The molecule has 0 aliphatic rings. The summed E-state index contributed by atoms with van der Waals surface area (Å²) in [5, 5.41) is 0.486. The molecule has 0 spiro atoms. The van der Waals surface area contributed by atoms with E-state index in [0.717, 1.165) is 0 Å². The summed E-state index contributed by atoms with van der Waals surface area (Å²) >= 11 is 5.63. The van der Waals surface area contributed by atoms with Gasteiger partial charge in [0.15, 0.2) is 5.78 Å². The Balaban J connectivity index is 2.33. The van der Waals surface area contributed by atoms with Crippen LogP contribution in [0.25, 0.3) is 0 Å². The van der Waals surface area contributed by atoms with Gasteiger partial charge in [-0.15, -0.1) is 0 Å². The molecule has 94 valence electrons. The lowest BCUT2D eigenvalue weighted by atomic mass is 10.1. The fraction of sp³-hybridized carbons (Fsp3) is 0.364. The summed E-state index contributed by atoms with van der Waals surface area (Å²) in [4.78, 5) is 11.4. The maximum atomic E-state index is 11.8. The first-order valence-corrected chi connectivity index (χ1v) is 5.19. The number of benzene rings is 1. The minimum atomic E-state index is -4.26. The lowest BCUT2D eigenvalue weighted by Crippen LogP contribution is -2.15. The van der Waals surface area contributed by atoms with Crippen molar-refractivity contribution < 1.29 is 22.7 Å². The number of carbonyl (C=O) groups excluding carboxylic acids is 1. The highest BCUT2D eigenvalue weighted by atomic mass is 35.5. The molecule has 0 aromatic heterocycles. The number of hydrogen-bond acceptors (Lipinski definition) is 2. The number of carbonyl (C=O) groups is 1. The number of halogens is 4. The number of ether oxygens (including phenoxy) is 1. The number of Topliss-reactive ketones (excluding diaryl/α,β-unsaturated/α-hetero) is 1. The first-order valence-electron chi connectivity index (χ1n) is 4.82. The average Bonchev–Trinajstić information content (AvgIpc) is 2.24. The van der Waals surface area contributed by atoms with Crippen LogP contribution >= 0.6 is 11.6 Å². The van der Waals surface area contributed by atoms with Gasteiger partial charge in [-0.2, -0.15) is 13.2 Å². The van der Waals surface area contributed by atoms with Crippen LogP contribution in [0.3, 0.4) is 0 Å². The quantitative estimate of drug-likeness (QED) is 0.602. The molecule has 0 saturated carbocycles. The topological polar surface area (TPSA) is 26.3 Å². The Morgan fingerprint density at radius 1 is 1.24 bits per heavy atom. The predicted octanol–water partition coefficient (Wildman–Crippen LogP) is 3.49. The van der Waals surface area contributed by atoms with Crippen LogP contribution in [-0.4, -0.2) is 25.2 Å². The van der Waals surface area contributed by atoms with Crippen molar-refractivity contribution in [3.05, 3.63) is 34.9 Å². The summed E-state index contributed by atoms with van der Waals surface area (Å²) in [5.41, 5.74) is 0.362. The fourth-order valence-corrected chi connectivity index (χ4v) is 1.20. The summed E-state index contributed by atoms with van der Waals surface area (Å²) in [6.07, 6.45) is -5.32. The second-order valence-corrected chi connectivity index (χ2v) is 3.78. The van der Waals surface area contributed by atoms with E-state index >= 15 is 0 Å². The highest BCUT2D eigenvalue weighted by Crippen LogP contribution is 2.19. The lowest BCUT2D eigenvalue weighted by molar-refractivity contribution is -0.144. The molecule has 2 nitrogen and oxygen atoms in total. The monoisotopic (exact) mass is 266 g/mol. The van der Waals surface area contributed by atoms with Crippen molar-refractivity contribution in [2.24, 2.45) is 0 Å². The third kappa shape index (κ3) is 5.70. The Kier molecular flexibility index (Phi) is 4.96. The van der Waals surface area contributed by atoms with E-state index in [1.54, 1.807) is 0 Å². The minimum absolute atomic E-state index is 0.362. The van der Waals surface area contributed by atoms with Gasteiger partial charge < -0.3 is 4.74 Å². The molecule has 17 heavy (non-hydrogen) atoms. The van der Waals surface area contributed by atoms with Crippen LogP contribution in [0.2, 0.25) is 5.02 Å². The molecule has 1 rings (SSSR count). The number of hydrogen-bond donors (Lipinski definition) is 0. The smallest absolute Gasteiger partial charge is 0.373 e. The van der Waals surface area contributed by atoms with Crippen LogP contribution in [0.1, 0.15) is 16.8 Å². The van der Waals surface area contributed by atoms with Gasteiger partial charge in [0, 0.05) is 10.6 Å². The van der Waals surface area contributed by atoms with Crippen molar-refractivity contribution in [2.45, 2.75) is 12.6 Å². The molecule has 0 saturated heterocycles. The van der Waals surface area contributed by atoms with Gasteiger partial charge in [-0.1, -0.05) is 11.6 Å². The zero-order chi connectivity index (χ0) is 12.9. The molecule has 0 unspecified atom stereocenters. The summed E-state index contributed by atoms with van der Waals surface area (Å²) < 4.78 is 40.0. The molecule has 0 bridgehead atoms. The van der Waals surface area contributed by atoms with E-state index in [1.807, 2.05) is 0 Å². The molecule has 0 heterocycles. The van der Waals surface area contributed by atoms with E-state index in [2.05, 4.69) is 4.74 Å². The molecule has 6 heteroatoms. The third-order valence-corrected chi connectivity index (χ3v) is 2.18. The summed E-state index contributed by atoms with van der Waals surface area (Å²) in [6, 6.07) is 6.06. The van der Waals surface area contributed by atoms with Gasteiger partial charge in [-0.05, 0) is 24.3 Å². The van der Waals surface area contributed by atoms with Crippen LogP contribution in [-0.2, 0) is 4.74 Å². The molecular weight excluding hydrogens is 257 g/mol. The van der Waals surface area contributed by atoms with Crippen molar-refractivity contribution in [3.63, 3.8) is 0 Å². The largest absolute Gasteiger partial charge is 0.391 e. The molecule has 0 radical (unpaired) electrons. The van der Waals surface area contributed by atoms with Gasteiger partial charge in [-0.25, -0.2) is 0 Å². The first kappa shape index (κ1) is 14.0. The number of rotatable bonds is 5. The molecule has 0 N–H and O–H groups in total. The van der Waals surface area contributed by atoms with Crippen LogP contribution in [0.4, 0.5) is 13.2 Å². The second-order valence-electron chi connectivity index (χ2n) is 3.35. The second kappa shape index (κ2) is 6.02. The van der Waals surface area contributed by atoms with Gasteiger partial charge in [-0.3, -0.25) is 4.79 Å². The number of ketones is 1. The Hall–Kier alpha value is -1.07. The SMILES string of the molecule is O=C(COCCC(F)(F)F)c1ccc(Cl)cc1. The van der Waals surface area contributed by atoms with Crippen molar-refractivity contribution >= 4 is 17.4 Å². The Morgan fingerprint density at radius 3 is 2.35 bits per heavy atom. The highest BCUT2D eigenvalue weighted by molar-refractivity contribution is 6.30. The van der Waals surface area contributed by atoms with Gasteiger partial charge >= 0.3 is 6.18 Å². The van der Waals surface area contributed by atoms with E-state index < -0.39 is 19.2 Å². The van der Waals surface area contributed by atoms with Gasteiger partial charge in [0.25, 0.3) is 0 Å². The zero-order valence-electron chi connectivity index (χ0n) is 8.76. The van der Waals surface area contributed by atoms with Crippen molar-refractivity contribution in [2.75, 3.05) is 13.2 Å². The molecule has 0 atom stereocenters. The van der Waals surface area contributed by atoms with E-state index in [-0.39, 0.29) is 12.4 Å². The van der Waals surface area contributed by atoms with Gasteiger partial charge in [0.1, 0.15) is 6.61 Å². The average molecular weight is 267 g/mol. The maximum Gasteiger partial charge on any atom is 0.391 e. The lowest BCUT2D eigenvalue weighted by Gasteiger charge is -2.06. The number of alkyl halides is 3. The highest BCUT2D eigenvalue weighted by Gasteiger charge is 2.26. The first-order chi connectivity index (χ1) is 7.88. The summed E-state index contributed by atoms with van der Waals surface area (Å²) in [5.74, 6) is -0.371. The summed E-state index contributed by atoms with van der Waals surface area (Å²) in [6.45, 7) is -0.874. The van der Waals surface area contributed by atoms with E-state index in [1.165, 1.54) is 24.3 Å². The fourth-order valence-electron chi connectivity index (χ4n) is 1.07. The molecule has 0 amide bonds. The van der Waals surface area contributed by atoms with E-state index in [9.17, 15) is 18.0 Å². The Bertz CT molecular complexity index is 373. The molecule has 0 aliphatic heterocycles. The molecule has 1 aromatic carbocycles. The third-order valence-electron chi connectivity index (χ3n) is 1.93. The normalized spacial score (nSPS) is 11.5. The molecule has 0 aliphatic carbocycles. The summed E-state index contributed by atoms with van der Waals surface area (Å²) in [7, 11) is 0. The predicted molar refractivity (Wildman–Crippen MR) is 57.3 cm³/mol. The molecule has 1 aromatic rings.